The summed E-state index contributed by atoms with van der Waals surface area (Å²) in [6.45, 7) is 6.19. The molecule has 4 rings (SSSR count). The second-order valence-electron chi connectivity index (χ2n) is 7.39. The van der Waals surface area contributed by atoms with Gasteiger partial charge in [0.05, 0.1) is 25.3 Å². The summed E-state index contributed by atoms with van der Waals surface area (Å²) in [4.78, 5) is 22.0. The third-order valence-corrected chi connectivity index (χ3v) is 5.39. The SMILES string of the molecule is COc1ccc2c(c1)N(C(=O)[C@@H]1CN(c3ccccn3)C[C@H]1C)CC(C)O2. The molecule has 3 heterocycles. The average Bonchev–Trinajstić information content (AvgIpc) is 3.09. The predicted molar refractivity (Wildman–Crippen MR) is 105 cm³/mol. The summed E-state index contributed by atoms with van der Waals surface area (Å²) in [5.74, 6) is 2.71. The summed E-state index contributed by atoms with van der Waals surface area (Å²) in [5.41, 5.74) is 0.793. The molecule has 0 N–H and O–H groups in total. The topological polar surface area (TPSA) is 54.9 Å². The second kappa shape index (κ2) is 7.10. The fourth-order valence-corrected chi connectivity index (χ4v) is 3.97. The van der Waals surface area contributed by atoms with E-state index in [1.54, 1.807) is 13.3 Å². The smallest absolute Gasteiger partial charge is 0.232 e. The molecule has 27 heavy (non-hydrogen) atoms. The zero-order valence-corrected chi connectivity index (χ0v) is 16.0. The lowest BCUT2D eigenvalue weighted by Crippen LogP contribution is -2.46. The number of methoxy groups -OCH3 is 1. The van der Waals surface area contributed by atoms with Crippen LogP contribution in [0, 0.1) is 11.8 Å². The number of benzene rings is 1. The first-order valence-electron chi connectivity index (χ1n) is 9.39. The fraction of sp³-hybridized carbons (Fsp3) is 0.429. The Bertz CT molecular complexity index is 827. The summed E-state index contributed by atoms with van der Waals surface area (Å²) in [6, 6.07) is 11.5. The number of rotatable bonds is 3. The maximum absolute atomic E-state index is 13.5. The molecule has 1 saturated heterocycles. The van der Waals surface area contributed by atoms with Gasteiger partial charge in [-0.25, -0.2) is 4.98 Å². The number of amides is 1. The van der Waals surface area contributed by atoms with Crippen LogP contribution in [0.5, 0.6) is 11.5 Å². The molecule has 0 bridgehead atoms. The Balaban J connectivity index is 1.59. The van der Waals surface area contributed by atoms with Gasteiger partial charge in [-0.05, 0) is 37.1 Å². The lowest BCUT2D eigenvalue weighted by Gasteiger charge is -2.35. The first-order chi connectivity index (χ1) is 13.1. The molecule has 6 nitrogen and oxygen atoms in total. The standard InChI is InChI=1S/C21H25N3O3/c1-14-11-23(20-6-4-5-9-22-20)13-17(14)21(25)24-12-15(2)27-19-8-7-16(26-3)10-18(19)24/h4-10,14-15,17H,11-13H2,1-3H3/t14-,15?,17-/m1/s1. The van der Waals surface area contributed by atoms with Crippen molar-refractivity contribution in [3.63, 3.8) is 0 Å². The van der Waals surface area contributed by atoms with E-state index in [1.165, 1.54) is 0 Å². The van der Waals surface area contributed by atoms with Gasteiger partial charge in [0.15, 0.2) is 0 Å². The van der Waals surface area contributed by atoms with Crippen LogP contribution < -0.4 is 19.3 Å². The van der Waals surface area contributed by atoms with Crippen LogP contribution in [-0.2, 0) is 4.79 Å². The monoisotopic (exact) mass is 367 g/mol. The number of aromatic nitrogens is 1. The van der Waals surface area contributed by atoms with Crippen molar-refractivity contribution in [2.24, 2.45) is 11.8 Å². The summed E-state index contributed by atoms with van der Waals surface area (Å²) < 4.78 is 11.3. The molecule has 0 spiro atoms. The minimum absolute atomic E-state index is 0.0431. The molecule has 1 fully saturated rings. The van der Waals surface area contributed by atoms with Gasteiger partial charge < -0.3 is 19.3 Å². The number of hydrogen-bond acceptors (Lipinski definition) is 5. The molecule has 1 amide bonds. The lowest BCUT2D eigenvalue weighted by atomic mass is 9.96. The first kappa shape index (κ1) is 17.6. The highest BCUT2D eigenvalue weighted by molar-refractivity contribution is 5.98. The molecule has 2 aliphatic rings. The van der Waals surface area contributed by atoms with Crippen LogP contribution in [0.4, 0.5) is 11.5 Å². The predicted octanol–water partition coefficient (Wildman–Crippen LogP) is 2.98. The van der Waals surface area contributed by atoms with E-state index in [0.29, 0.717) is 13.1 Å². The van der Waals surface area contributed by atoms with Gasteiger partial charge in [0.1, 0.15) is 23.4 Å². The number of hydrogen-bond donors (Lipinski definition) is 0. The number of fused-ring (bicyclic) bond motifs is 1. The molecule has 0 aliphatic carbocycles. The van der Waals surface area contributed by atoms with Gasteiger partial charge in [-0.2, -0.15) is 0 Å². The van der Waals surface area contributed by atoms with E-state index in [2.05, 4.69) is 16.8 Å². The van der Waals surface area contributed by atoms with Crippen LogP contribution in [0.1, 0.15) is 13.8 Å². The zero-order chi connectivity index (χ0) is 19.0. The van der Waals surface area contributed by atoms with E-state index in [0.717, 1.165) is 29.5 Å². The third-order valence-electron chi connectivity index (χ3n) is 5.39. The van der Waals surface area contributed by atoms with Gasteiger partial charge in [-0.1, -0.05) is 13.0 Å². The lowest BCUT2D eigenvalue weighted by molar-refractivity contribution is -0.123. The quantitative estimate of drug-likeness (QED) is 0.835. The van der Waals surface area contributed by atoms with Crippen molar-refractivity contribution >= 4 is 17.4 Å². The Morgan fingerprint density at radius 1 is 1.19 bits per heavy atom. The van der Waals surface area contributed by atoms with Gasteiger partial charge >= 0.3 is 0 Å². The van der Waals surface area contributed by atoms with Crippen molar-refractivity contribution < 1.29 is 14.3 Å². The number of anilines is 2. The van der Waals surface area contributed by atoms with Crippen molar-refractivity contribution in [3.8, 4) is 11.5 Å². The van der Waals surface area contributed by atoms with Crippen LogP contribution in [0.3, 0.4) is 0 Å². The Morgan fingerprint density at radius 3 is 2.78 bits per heavy atom. The molecule has 6 heteroatoms. The fourth-order valence-electron chi connectivity index (χ4n) is 3.97. The van der Waals surface area contributed by atoms with Crippen molar-refractivity contribution in [2.75, 3.05) is 36.5 Å². The normalized spacial score (nSPS) is 24.3. The number of carbonyl (C=O) groups is 1. The minimum atomic E-state index is -0.0728. The van der Waals surface area contributed by atoms with Gasteiger partial charge in [0, 0.05) is 25.4 Å². The van der Waals surface area contributed by atoms with Crippen molar-refractivity contribution in [1.29, 1.82) is 0 Å². The van der Waals surface area contributed by atoms with E-state index < -0.39 is 0 Å². The summed E-state index contributed by atoms with van der Waals surface area (Å²) >= 11 is 0. The Morgan fingerprint density at radius 2 is 2.04 bits per heavy atom. The number of carbonyl (C=O) groups excluding carboxylic acids is 1. The summed E-state index contributed by atoms with van der Waals surface area (Å²) in [6.07, 6.45) is 1.75. The molecular weight excluding hydrogens is 342 g/mol. The minimum Gasteiger partial charge on any atom is -0.497 e. The Hall–Kier alpha value is -2.76. The zero-order valence-electron chi connectivity index (χ0n) is 16.0. The van der Waals surface area contributed by atoms with E-state index >= 15 is 0 Å². The van der Waals surface area contributed by atoms with Crippen LogP contribution in [-0.4, -0.2) is 43.7 Å². The number of pyridine rings is 1. The van der Waals surface area contributed by atoms with E-state index in [9.17, 15) is 4.79 Å². The molecule has 142 valence electrons. The maximum Gasteiger partial charge on any atom is 0.232 e. The van der Waals surface area contributed by atoms with E-state index in [-0.39, 0.29) is 23.8 Å². The van der Waals surface area contributed by atoms with Crippen molar-refractivity contribution in [1.82, 2.24) is 4.98 Å². The maximum atomic E-state index is 13.5. The van der Waals surface area contributed by atoms with Crippen LogP contribution in [0.25, 0.3) is 0 Å². The second-order valence-corrected chi connectivity index (χ2v) is 7.39. The van der Waals surface area contributed by atoms with Crippen LogP contribution in [0.15, 0.2) is 42.6 Å². The largest absolute Gasteiger partial charge is 0.497 e. The van der Waals surface area contributed by atoms with E-state index in [1.807, 2.05) is 48.2 Å². The summed E-state index contributed by atoms with van der Waals surface area (Å²) in [5, 5.41) is 0. The molecule has 0 radical (unpaired) electrons. The highest BCUT2D eigenvalue weighted by Gasteiger charge is 2.40. The molecule has 2 aliphatic heterocycles. The average molecular weight is 367 g/mol. The summed E-state index contributed by atoms with van der Waals surface area (Å²) in [7, 11) is 1.63. The molecule has 1 unspecified atom stereocenters. The molecule has 1 aromatic carbocycles. The van der Waals surface area contributed by atoms with Gasteiger partial charge in [0.2, 0.25) is 5.91 Å². The van der Waals surface area contributed by atoms with Gasteiger partial charge in [-0.3, -0.25) is 4.79 Å². The Kier molecular flexibility index (Phi) is 4.64. The molecule has 1 aromatic heterocycles. The van der Waals surface area contributed by atoms with Crippen molar-refractivity contribution in [3.05, 3.63) is 42.6 Å². The van der Waals surface area contributed by atoms with Crippen LogP contribution in [0.2, 0.25) is 0 Å². The number of nitrogens with zero attached hydrogens (tertiary/aromatic N) is 3. The first-order valence-corrected chi connectivity index (χ1v) is 9.39. The Labute approximate surface area is 159 Å². The van der Waals surface area contributed by atoms with Gasteiger partial charge in [0.25, 0.3) is 0 Å². The molecule has 2 aromatic rings. The van der Waals surface area contributed by atoms with Crippen LogP contribution >= 0.6 is 0 Å². The molecular formula is C21H25N3O3. The third kappa shape index (κ3) is 3.31. The molecule has 0 saturated carbocycles. The highest BCUT2D eigenvalue weighted by atomic mass is 16.5. The van der Waals surface area contributed by atoms with Crippen molar-refractivity contribution in [2.45, 2.75) is 20.0 Å². The highest BCUT2D eigenvalue weighted by Crippen LogP contribution is 2.39. The van der Waals surface area contributed by atoms with Gasteiger partial charge in [-0.15, -0.1) is 0 Å². The number of ether oxygens (including phenoxy) is 2. The molecule has 3 atom stereocenters. The van der Waals surface area contributed by atoms with E-state index in [4.69, 9.17) is 9.47 Å².